The summed E-state index contributed by atoms with van der Waals surface area (Å²) in [5.41, 5.74) is 0.378. The molecule has 0 aromatic heterocycles. The maximum Gasteiger partial charge on any atom is 0.0358 e. The van der Waals surface area contributed by atoms with Crippen LogP contribution in [0, 0.1) is 11.8 Å². The van der Waals surface area contributed by atoms with Gasteiger partial charge in [-0.2, -0.15) is 0 Å². The van der Waals surface area contributed by atoms with Crippen molar-refractivity contribution in [2.45, 2.75) is 77.8 Å². The topological polar surface area (TPSA) is 15.3 Å². The second kappa shape index (κ2) is 7.64. The van der Waals surface area contributed by atoms with Crippen LogP contribution in [-0.4, -0.2) is 37.1 Å². The van der Waals surface area contributed by atoms with E-state index in [1.54, 1.807) is 0 Å². The van der Waals surface area contributed by atoms with Gasteiger partial charge in [-0.3, -0.25) is 0 Å². The van der Waals surface area contributed by atoms with Gasteiger partial charge in [-0.1, -0.05) is 40.5 Å². The Bertz CT molecular complexity index is 250. The van der Waals surface area contributed by atoms with Gasteiger partial charge in [0.05, 0.1) is 0 Å². The van der Waals surface area contributed by atoms with Crippen LogP contribution in [0.3, 0.4) is 0 Å². The maximum atomic E-state index is 3.81. The summed E-state index contributed by atoms with van der Waals surface area (Å²) >= 11 is 0. The fraction of sp³-hybridized carbons (Fsp3) is 1.00. The molecule has 0 spiro atoms. The third kappa shape index (κ3) is 4.46. The normalized spacial score (nSPS) is 30.0. The van der Waals surface area contributed by atoms with Crippen LogP contribution in [0.25, 0.3) is 0 Å². The lowest BCUT2D eigenvalue weighted by molar-refractivity contribution is 0.0331. The average molecular weight is 268 g/mol. The SMILES string of the molecule is CCNC(CCC(C)C)C1(N(C)C)CCCC(C)C1. The number of hydrogen-bond donors (Lipinski definition) is 1. The largest absolute Gasteiger partial charge is 0.312 e. The molecule has 1 aliphatic rings. The highest BCUT2D eigenvalue weighted by Gasteiger charge is 2.42. The molecule has 1 aliphatic carbocycles. The summed E-state index contributed by atoms with van der Waals surface area (Å²) in [7, 11) is 4.58. The zero-order valence-electron chi connectivity index (χ0n) is 14.1. The molecule has 114 valence electrons. The molecular formula is C17H36N2. The van der Waals surface area contributed by atoms with Gasteiger partial charge in [0.15, 0.2) is 0 Å². The van der Waals surface area contributed by atoms with Gasteiger partial charge in [0.1, 0.15) is 0 Å². The third-order valence-electron chi connectivity index (χ3n) is 5.03. The van der Waals surface area contributed by atoms with E-state index in [4.69, 9.17) is 0 Å². The number of rotatable bonds is 7. The Kier molecular flexibility index (Phi) is 6.82. The van der Waals surface area contributed by atoms with Gasteiger partial charge in [-0.15, -0.1) is 0 Å². The van der Waals surface area contributed by atoms with Gasteiger partial charge in [0, 0.05) is 11.6 Å². The molecule has 0 saturated heterocycles. The monoisotopic (exact) mass is 268 g/mol. The van der Waals surface area contributed by atoms with E-state index in [2.05, 4.69) is 52.0 Å². The molecule has 0 amide bonds. The van der Waals surface area contributed by atoms with Crippen molar-refractivity contribution >= 4 is 0 Å². The summed E-state index contributed by atoms with van der Waals surface area (Å²) in [5.74, 6) is 1.68. The fourth-order valence-electron chi connectivity index (χ4n) is 3.91. The molecule has 0 bridgehead atoms. The second-order valence-electron chi connectivity index (χ2n) is 7.28. The summed E-state index contributed by atoms with van der Waals surface area (Å²) in [6.45, 7) is 10.5. The van der Waals surface area contributed by atoms with Crippen molar-refractivity contribution in [3.63, 3.8) is 0 Å². The Morgan fingerprint density at radius 3 is 2.42 bits per heavy atom. The molecule has 0 aliphatic heterocycles. The molecule has 0 aromatic rings. The maximum absolute atomic E-state index is 3.81. The Morgan fingerprint density at radius 2 is 1.95 bits per heavy atom. The van der Waals surface area contributed by atoms with Crippen LogP contribution in [-0.2, 0) is 0 Å². The minimum absolute atomic E-state index is 0.378. The van der Waals surface area contributed by atoms with Crippen molar-refractivity contribution in [1.29, 1.82) is 0 Å². The van der Waals surface area contributed by atoms with Crippen LogP contribution < -0.4 is 5.32 Å². The van der Waals surface area contributed by atoms with Crippen molar-refractivity contribution in [3.05, 3.63) is 0 Å². The minimum atomic E-state index is 0.378. The van der Waals surface area contributed by atoms with Crippen molar-refractivity contribution in [1.82, 2.24) is 10.2 Å². The Hall–Kier alpha value is -0.0800. The molecule has 1 saturated carbocycles. The zero-order valence-corrected chi connectivity index (χ0v) is 14.1. The summed E-state index contributed by atoms with van der Waals surface area (Å²) in [6.07, 6.45) is 8.18. The quantitative estimate of drug-likeness (QED) is 0.753. The standard InChI is InChI=1S/C17H36N2/c1-7-18-16(11-10-14(2)3)17(19(5)6)12-8-9-15(4)13-17/h14-16,18H,7-13H2,1-6H3. The molecule has 3 atom stereocenters. The lowest BCUT2D eigenvalue weighted by Gasteiger charge is -2.50. The van der Waals surface area contributed by atoms with Crippen LogP contribution in [0.1, 0.15) is 66.2 Å². The summed E-state index contributed by atoms with van der Waals surface area (Å²) in [5, 5.41) is 3.81. The van der Waals surface area contributed by atoms with Crippen molar-refractivity contribution in [3.8, 4) is 0 Å². The molecule has 2 heteroatoms. The van der Waals surface area contributed by atoms with Gasteiger partial charge in [-0.05, 0) is 58.2 Å². The van der Waals surface area contributed by atoms with E-state index in [1.807, 2.05) is 0 Å². The molecule has 19 heavy (non-hydrogen) atoms. The average Bonchev–Trinajstić information content (AvgIpc) is 2.33. The number of nitrogens with zero attached hydrogens (tertiary/aromatic N) is 1. The predicted octanol–water partition coefficient (Wildman–Crippen LogP) is 3.91. The molecule has 2 nitrogen and oxygen atoms in total. The molecule has 0 radical (unpaired) electrons. The van der Waals surface area contributed by atoms with Crippen LogP contribution in [0.4, 0.5) is 0 Å². The zero-order chi connectivity index (χ0) is 14.5. The number of nitrogens with one attached hydrogen (secondary N) is 1. The second-order valence-corrected chi connectivity index (χ2v) is 7.28. The molecular weight excluding hydrogens is 232 g/mol. The van der Waals surface area contributed by atoms with Crippen molar-refractivity contribution in [2.75, 3.05) is 20.6 Å². The van der Waals surface area contributed by atoms with E-state index in [9.17, 15) is 0 Å². The van der Waals surface area contributed by atoms with E-state index in [-0.39, 0.29) is 0 Å². The first-order valence-electron chi connectivity index (χ1n) is 8.33. The van der Waals surface area contributed by atoms with Gasteiger partial charge in [-0.25, -0.2) is 0 Å². The first-order chi connectivity index (χ1) is 8.92. The molecule has 3 unspecified atom stereocenters. The van der Waals surface area contributed by atoms with Crippen LogP contribution in [0.5, 0.6) is 0 Å². The van der Waals surface area contributed by atoms with E-state index in [0.29, 0.717) is 11.6 Å². The molecule has 1 fully saturated rings. The summed E-state index contributed by atoms with van der Waals surface area (Å²) < 4.78 is 0. The smallest absolute Gasteiger partial charge is 0.0358 e. The van der Waals surface area contributed by atoms with Crippen LogP contribution in [0.2, 0.25) is 0 Å². The lowest BCUT2D eigenvalue weighted by Crippen LogP contribution is -2.61. The Morgan fingerprint density at radius 1 is 1.26 bits per heavy atom. The van der Waals surface area contributed by atoms with E-state index < -0.39 is 0 Å². The lowest BCUT2D eigenvalue weighted by atomic mass is 9.70. The minimum Gasteiger partial charge on any atom is -0.312 e. The van der Waals surface area contributed by atoms with Gasteiger partial charge >= 0.3 is 0 Å². The number of likely N-dealkylation sites (N-methyl/N-ethyl adjacent to an activating group) is 2. The Labute approximate surface area is 121 Å². The van der Waals surface area contributed by atoms with Crippen LogP contribution >= 0.6 is 0 Å². The van der Waals surface area contributed by atoms with Crippen molar-refractivity contribution < 1.29 is 0 Å². The molecule has 1 rings (SSSR count). The third-order valence-corrected chi connectivity index (χ3v) is 5.03. The number of hydrogen-bond acceptors (Lipinski definition) is 2. The molecule has 1 N–H and O–H groups in total. The van der Waals surface area contributed by atoms with E-state index in [0.717, 1.165) is 18.4 Å². The predicted molar refractivity (Wildman–Crippen MR) is 85.6 cm³/mol. The van der Waals surface area contributed by atoms with Crippen LogP contribution in [0.15, 0.2) is 0 Å². The molecule has 0 heterocycles. The highest BCUT2D eigenvalue weighted by Crippen LogP contribution is 2.39. The van der Waals surface area contributed by atoms with E-state index >= 15 is 0 Å². The van der Waals surface area contributed by atoms with E-state index in [1.165, 1.54) is 38.5 Å². The highest BCUT2D eigenvalue weighted by atomic mass is 15.2. The van der Waals surface area contributed by atoms with Gasteiger partial charge in [0.25, 0.3) is 0 Å². The fourth-order valence-corrected chi connectivity index (χ4v) is 3.91. The summed E-state index contributed by atoms with van der Waals surface area (Å²) in [4.78, 5) is 2.52. The first kappa shape index (κ1) is 17.0. The molecule has 0 aromatic carbocycles. The Balaban J connectivity index is 2.84. The summed E-state index contributed by atoms with van der Waals surface area (Å²) in [6, 6.07) is 0.651. The van der Waals surface area contributed by atoms with Gasteiger partial charge in [0.2, 0.25) is 0 Å². The van der Waals surface area contributed by atoms with Crippen molar-refractivity contribution in [2.24, 2.45) is 11.8 Å². The van der Waals surface area contributed by atoms with Gasteiger partial charge < -0.3 is 10.2 Å². The first-order valence-corrected chi connectivity index (χ1v) is 8.33. The highest BCUT2D eigenvalue weighted by molar-refractivity contribution is 5.01.